The highest BCUT2D eigenvalue weighted by atomic mass is 16.5. The molecule has 2 amide bonds. The molecule has 0 bridgehead atoms. The van der Waals surface area contributed by atoms with Crippen molar-refractivity contribution in [1.82, 2.24) is 10.6 Å². The van der Waals surface area contributed by atoms with Gasteiger partial charge in [0.1, 0.15) is 40.6 Å². The second kappa shape index (κ2) is 17.9. The summed E-state index contributed by atoms with van der Waals surface area (Å²) in [7, 11) is 6.01. The summed E-state index contributed by atoms with van der Waals surface area (Å²) < 4.78 is 23.0. The number of ether oxygens (including phenoxy) is 4. The van der Waals surface area contributed by atoms with Gasteiger partial charge in [-0.3, -0.25) is 9.59 Å². The molecule has 4 N–H and O–H groups in total. The van der Waals surface area contributed by atoms with Crippen LogP contribution >= 0.6 is 0 Å². The lowest BCUT2D eigenvalue weighted by Gasteiger charge is -2.40. The monoisotopic (exact) mass is 766 g/mol. The minimum absolute atomic E-state index is 0.360. The van der Waals surface area contributed by atoms with Crippen molar-refractivity contribution in [2.24, 2.45) is 0 Å². The number of nitrogens with one attached hydrogen (secondary N) is 2. The van der Waals surface area contributed by atoms with Crippen LogP contribution in [0.3, 0.4) is 0 Å². The normalized spacial score (nSPS) is 12.5. The van der Waals surface area contributed by atoms with Crippen molar-refractivity contribution in [3.63, 3.8) is 0 Å². The molecular formula is C47H46N2O8. The summed E-state index contributed by atoms with van der Waals surface area (Å²) in [5, 5.41) is 32.4. The number of carbonyl (C=O) groups excluding carboxylic acids is 2. The first-order valence-electron chi connectivity index (χ1n) is 18.4. The Labute approximate surface area is 332 Å². The Bertz CT molecular complexity index is 2030. The molecule has 6 aromatic rings. The Morgan fingerprint density at radius 2 is 0.684 bits per heavy atom. The Balaban J connectivity index is 1.43. The molecule has 0 aliphatic rings. The van der Waals surface area contributed by atoms with Crippen LogP contribution in [0.2, 0.25) is 0 Å². The van der Waals surface area contributed by atoms with E-state index in [2.05, 4.69) is 10.6 Å². The van der Waals surface area contributed by atoms with Crippen LogP contribution in [-0.4, -0.2) is 50.5 Å². The average molecular weight is 767 g/mol. The van der Waals surface area contributed by atoms with Gasteiger partial charge in [-0.2, -0.15) is 0 Å². The summed E-state index contributed by atoms with van der Waals surface area (Å²) in [6.45, 7) is 0. The molecule has 0 spiro atoms. The molecule has 2 unspecified atom stereocenters. The molecule has 0 fully saturated rings. The molecule has 6 aromatic carbocycles. The maximum atomic E-state index is 14.3. The van der Waals surface area contributed by atoms with Gasteiger partial charge >= 0.3 is 0 Å². The SMILES string of the molecule is COc1ccccc1C(O)(c1ccccc1OC)C(NC(=O)CC(=O)NC(c1ccccc1)C(O)(c1ccccc1OC)c1ccccc1OC)c1ccccc1. The lowest BCUT2D eigenvalue weighted by atomic mass is 9.76. The first kappa shape index (κ1) is 40.1. The summed E-state index contributed by atoms with van der Waals surface area (Å²) >= 11 is 0. The van der Waals surface area contributed by atoms with E-state index in [4.69, 9.17) is 18.9 Å². The van der Waals surface area contributed by atoms with Gasteiger partial charge in [-0.25, -0.2) is 0 Å². The number of para-hydroxylation sites is 4. The van der Waals surface area contributed by atoms with Gasteiger partial charge < -0.3 is 39.8 Å². The van der Waals surface area contributed by atoms with Crippen LogP contribution < -0.4 is 29.6 Å². The van der Waals surface area contributed by atoms with Gasteiger partial charge in [0.15, 0.2) is 0 Å². The fraction of sp³-hybridized carbons (Fsp3) is 0.191. The van der Waals surface area contributed by atoms with Gasteiger partial charge in [0, 0.05) is 22.3 Å². The van der Waals surface area contributed by atoms with Crippen molar-refractivity contribution < 1.29 is 38.7 Å². The molecule has 0 aliphatic carbocycles. The maximum absolute atomic E-state index is 14.3. The van der Waals surface area contributed by atoms with E-state index in [0.717, 1.165) is 0 Å². The standard InChI is InChI=1S/C47H46N2O8/c1-54-38-27-15-11-23-34(38)46(52,35-24-12-16-28-39(35)55-2)44(32-19-7-5-8-20-32)48-42(50)31-43(51)49-45(33-21-9-6-10-22-33)47(53,36-25-13-17-29-40(36)56-3)37-26-14-18-30-41(37)57-4/h5-30,44-45,52-53H,31H2,1-4H3,(H,48,50)(H,49,51). The van der Waals surface area contributed by atoms with Gasteiger partial charge in [0.05, 0.1) is 40.5 Å². The van der Waals surface area contributed by atoms with E-state index in [1.54, 1.807) is 146 Å². The van der Waals surface area contributed by atoms with E-state index in [-0.39, 0.29) is 0 Å². The predicted molar refractivity (Wildman–Crippen MR) is 217 cm³/mol. The predicted octanol–water partition coefficient (Wildman–Crippen LogP) is 7.00. The first-order chi connectivity index (χ1) is 27.7. The number of hydrogen-bond acceptors (Lipinski definition) is 8. The van der Waals surface area contributed by atoms with E-state index in [1.165, 1.54) is 28.4 Å². The van der Waals surface area contributed by atoms with Gasteiger partial charge in [-0.05, 0) is 35.4 Å². The van der Waals surface area contributed by atoms with Crippen LogP contribution in [0, 0.1) is 0 Å². The smallest absolute Gasteiger partial charge is 0.230 e. The minimum atomic E-state index is -1.98. The second-order valence-corrected chi connectivity index (χ2v) is 13.3. The first-order valence-corrected chi connectivity index (χ1v) is 18.4. The molecule has 57 heavy (non-hydrogen) atoms. The minimum Gasteiger partial charge on any atom is -0.496 e. The molecule has 0 aromatic heterocycles. The summed E-state index contributed by atoms with van der Waals surface area (Å²) in [4.78, 5) is 28.6. The quantitative estimate of drug-likeness (QED) is 0.0775. The zero-order chi connectivity index (χ0) is 40.4. The number of aliphatic hydroxyl groups is 2. The topological polar surface area (TPSA) is 136 Å². The Kier molecular flexibility index (Phi) is 12.6. The van der Waals surface area contributed by atoms with Gasteiger partial charge in [-0.1, -0.05) is 133 Å². The molecule has 0 saturated heterocycles. The van der Waals surface area contributed by atoms with E-state index in [0.29, 0.717) is 56.4 Å². The third kappa shape index (κ3) is 8.05. The highest BCUT2D eigenvalue weighted by Crippen LogP contribution is 2.49. The van der Waals surface area contributed by atoms with Crippen molar-refractivity contribution >= 4 is 11.8 Å². The molecule has 10 nitrogen and oxygen atoms in total. The van der Waals surface area contributed by atoms with Crippen molar-refractivity contribution in [2.75, 3.05) is 28.4 Å². The van der Waals surface area contributed by atoms with Crippen LogP contribution in [0.4, 0.5) is 0 Å². The van der Waals surface area contributed by atoms with Crippen molar-refractivity contribution in [3.8, 4) is 23.0 Å². The average Bonchev–Trinajstić information content (AvgIpc) is 3.27. The lowest BCUT2D eigenvalue weighted by Crippen LogP contribution is -2.48. The molecule has 292 valence electrons. The molecule has 6 rings (SSSR count). The zero-order valence-corrected chi connectivity index (χ0v) is 32.2. The van der Waals surface area contributed by atoms with E-state index in [1.807, 2.05) is 12.1 Å². The highest BCUT2D eigenvalue weighted by molar-refractivity contribution is 5.97. The molecule has 2 atom stereocenters. The fourth-order valence-corrected chi connectivity index (χ4v) is 7.47. The molecule has 0 heterocycles. The van der Waals surface area contributed by atoms with Crippen molar-refractivity contribution in [2.45, 2.75) is 29.7 Å². The number of hydrogen-bond donors (Lipinski definition) is 4. The van der Waals surface area contributed by atoms with Gasteiger partial charge in [0.2, 0.25) is 11.8 Å². The van der Waals surface area contributed by atoms with Gasteiger partial charge in [-0.15, -0.1) is 0 Å². The summed E-state index contributed by atoms with van der Waals surface area (Å²) in [5.74, 6) is 0.0880. The van der Waals surface area contributed by atoms with Crippen LogP contribution in [0.5, 0.6) is 23.0 Å². The number of methoxy groups -OCH3 is 4. The van der Waals surface area contributed by atoms with E-state index in [9.17, 15) is 19.8 Å². The van der Waals surface area contributed by atoms with Crippen LogP contribution in [-0.2, 0) is 20.8 Å². The maximum Gasteiger partial charge on any atom is 0.230 e. The van der Waals surface area contributed by atoms with Crippen molar-refractivity contribution in [1.29, 1.82) is 0 Å². The summed E-state index contributed by atoms with van der Waals surface area (Å²) in [6, 6.07) is 43.7. The van der Waals surface area contributed by atoms with E-state index < -0.39 is 41.5 Å². The number of rotatable bonds is 16. The summed E-state index contributed by atoms with van der Waals surface area (Å²) in [5.41, 5.74) is -1.42. The third-order valence-electron chi connectivity index (χ3n) is 10.1. The van der Waals surface area contributed by atoms with Crippen LogP contribution in [0.25, 0.3) is 0 Å². The van der Waals surface area contributed by atoms with Crippen LogP contribution in [0.1, 0.15) is 51.9 Å². The fourth-order valence-electron chi connectivity index (χ4n) is 7.47. The molecule has 0 radical (unpaired) electrons. The van der Waals surface area contributed by atoms with Crippen LogP contribution in [0.15, 0.2) is 158 Å². The largest absolute Gasteiger partial charge is 0.496 e. The number of amides is 2. The lowest BCUT2D eigenvalue weighted by molar-refractivity contribution is -0.132. The Morgan fingerprint density at radius 3 is 0.947 bits per heavy atom. The summed E-state index contributed by atoms with van der Waals surface area (Å²) in [6.07, 6.45) is -0.672. The molecule has 10 heteroatoms. The molecule has 0 aliphatic heterocycles. The Hall–Kier alpha value is -6.62. The van der Waals surface area contributed by atoms with E-state index >= 15 is 0 Å². The van der Waals surface area contributed by atoms with Crippen molar-refractivity contribution in [3.05, 3.63) is 191 Å². The molecular weight excluding hydrogens is 721 g/mol. The molecule has 0 saturated carbocycles. The third-order valence-corrected chi connectivity index (χ3v) is 10.1. The highest BCUT2D eigenvalue weighted by Gasteiger charge is 2.48. The zero-order valence-electron chi connectivity index (χ0n) is 32.2. The second-order valence-electron chi connectivity index (χ2n) is 13.3. The Morgan fingerprint density at radius 1 is 0.439 bits per heavy atom. The number of benzene rings is 6. The number of carbonyl (C=O) groups is 2. The van der Waals surface area contributed by atoms with Gasteiger partial charge in [0.25, 0.3) is 0 Å².